The van der Waals surface area contributed by atoms with Crippen LogP contribution in [-0.2, 0) is 4.79 Å². The minimum Gasteiger partial charge on any atom is -0.493 e. The molecule has 1 amide bonds. The maximum absolute atomic E-state index is 11.8. The third kappa shape index (κ3) is 2.12. The molecule has 1 atom stereocenters. The summed E-state index contributed by atoms with van der Waals surface area (Å²) < 4.78 is 0. The molecule has 0 radical (unpaired) electrons. The zero-order valence-electron chi connectivity index (χ0n) is 10.5. The van der Waals surface area contributed by atoms with Gasteiger partial charge >= 0.3 is 0 Å². The Balaban J connectivity index is 2.15. The number of fused-ring (bicyclic) bond motifs is 1. The Labute approximate surface area is 119 Å². The molecule has 2 aromatic heterocycles. The highest BCUT2D eigenvalue weighted by Gasteiger charge is 2.21. The van der Waals surface area contributed by atoms with Gasteiger partial charge in [0.25, 0.3) is 0 Å². The van der Waals surface area contributed by atoms with Gasteiger partial charge in [-0.3, -0.25) is 4.79 Å². The van der Waals surface area contributed by atoms with Crippen LogP contribution in [0.4, 0.5) is 0 Å². The second kappa shape index (κ2) is 4.94. The number of rotatable bonds is 3. The Hall–Kier alpha value is -2.40. The van der Waals surface area contributed by atoms with E-state index in [-0.39, 0.29) is 11.8 Å². The number of primary amides is 1. The van der Waals surface area contributed by atoms with Gasteiger partial charge in [-0.1, -0.05) is 6.07 Å². The van der Waals surface area contributed by atoms with Gasteiger partial charge in [0.15, 0.2) is 0 Å². The van der Waals surface area contributed by atoms with Crippen LogP contribution < -0.4 is 5.73 Å². The number of amides is 1. The van der Waals surface area contributed by atoms with Crippen LogP contribution in [0.25, 0.3) is 10.8 Å². The van der Waals surface area contributed by atoms with E-state index in [1.807, 2.05) is 22.9 Å². The van der Waals surface area contributed by atoms with E-state index in [2.05, 4.69) is 4.98 Å². The number of nitrogens with zero attached hydrogens (tertiary/aromatic N) is 1. The van der Waals surface area contributed by atoms with E-state index in [4.69, 9.17) is 5.73 Å². The highest BCUT2D eigenvalue weighted by Crippen LogP contribution is 2.30. The molecule has 0 spiro atoms. The number of hydrogen-bond donors (Lipinski definition) is 2. The Morgan fingerprint density at radius 3 is 2.80 bits per heavy atom. The molecule has 3 rings (SSSR count). The van der Waals surface area contributed by atoms with Crippen LogP contribution in [0, 0.1) is 0 Å². The first kappa shape index (κ1) is 12.6. The number of pyridine rings is 1. The van der Waals surface area contributed by atoms with Gasteiger partial charge in [-0.25, -0.2) is 4.98 Å². The number of thiophene rings is 1. The van der Waals surface area contributed by atoms with E-state index in [1.54, 1.807) is 18.2 Å². The van der Waals surface area contributed by atoms with Crippen molar-refractivity contribution in [2.75, 3.05) is 0 Å². The van der Waals surface area contributed by atoms with Crippen LogP contribution in [0.15, 0.2) is 47.3 Å². The van der Waals surface area contributed by atoms with Crippen LogP contribution in [0.2, 0.25) is 0 Å². The number of carbonyl (C=O) groups excluding carboxylic acids is 1. The van der Waals surface area contributed by atoms with Gasteiger partial charge in [0.05, 0.1) is 5.92 Å². The summed E-state index contributed by atoms with van der Waals surface area (Å²) in [5, 5.41) is 15.0. The van der Waals surface area contributed by atoms with E-state index in [0.29, 0.717) is 5.39 Å². The molecule has 20 heavy (non-hydrogen) atoms. The predicted octanol–water partition coefficient (Wildman–Crippen LogP) is 2.62. The molecule has 0 bridgehead atoms. The number of benzene rings is 1. The Kier molecular flexibility index (Phi) is 3.12. The molecule has 0 aliphatic rings. The molecule has 3 aromatic rings. The highest BCUT2D eigenvalue weighted by atomic mass is 32.1. The summed E-state index contributed by atoms with van der Waals surface area (Å²) in [5.41, 5.74) is 7.24. The minimum atomic E-state index is -0.471. The minimum absolute atomic E-state index is 0.0137. The molecule has 1 unspecified atom stereocenters. The maximum atomic E-state index is 11.8. The number of hydrogen-bond acceptors (Lipinski definition) is 4. The zero-order chi connectivity index (χ0) is 14.1. The van der Waals surface area contributed by atoms with Gasteiger partial charge in [0, 0.05) is 11.6 Å². The van der Waals surface area contributed by atoms with Crippen LogP contribution in [0.1, 0.15) is 17.0 Å². The second-order valence-electron chi connectivity index (χ2n) is 4.51. The average Bonchev–Trinajstić information content (AvgIpc) is 2.92. The van der Waals surface area contributed by atoms with Crippen molar-refractivity contribution < 1.29 is 9.90 Å². The van der Waals surface area contributed by atoms with E-state index in [1.165, 1.54) is 17.5 Å². The fourth-order valence-electron chi connectivity index (χ4n) is 2.32. The number of aromatic hydroxyl groups is 1. The lowest BCUT2D eigenvalue weighted by atomic mass is 9.91. The van der Waals surface area contributed by atoms with Crippen molar-refractivity contribution >= 4 is 28.0 Å². The number of carbonyl (C=O) groups is 1. The number of nitrogens with two attached hydrogens (primary N) is 1. The van der Waals surface area contributed by atoms with Crippen LogP contribution in [0.5, 0.6) is 5.88 Å². The summed E-state index contributed by atoms with van der Waals surface area (Å²) in [6.07, 6.45) is 1.53. The Bertz CT molecular complexity index is 769. The van der Waals surface area contributed by atoms with Crippen LogP contribution in [0.3, 0.4) is 0 Å². The molecule has 0 saturated carbocycles. The Morgan fingerprint density at radius 1 is 1.25 bits per heavy atom. The average molecular weight is 284 g/mol. The molecule has 4 nitrogen and oxygen atoms in total. The fourth-order valence-corrected chi connectivity index (χ4v) is 3.01. The standard InChI is InChI=1S/C15H12N2O2S/c16-14(18)13(11-4-6-20-8-11)10-1-2-12-9(7-10)3-5-17-15(12)19/h1-8,13H,(H2,16,18)(H,17,19). The maximum Gasteiger partial charge on any atom is 0.229 e. The summed E-state index contributed by atoms with van der Waals surface area (Å²) in [4.78, 5) is 15.6. The molecular weight excluding hydrogens is 272 g/mol. The SMILES string of the molecule is NC(=O)C(c1ccsc1)c1ccc2c(O)nccc2c1. The van der Waals surface area contributed by atoms with Crippen molar-refractivity contribution in [3.05, 3.63) is 58.4 Å². The quantitative estimate of drug-likeness (QED) is 0.776. The molecule has 0 fully saturated rings. The molecule has 0 aliphatic heterocycles. The summed E-state index contributed by atoms with van der Waals surface area (Å²) in [6, 6.07) is 9.12. The smallest absolute Gasteiger partial charge is 0.229 e. The molecule has 2 heterocycles. The number of aromatic nitrogens is 1. The lowest BCUT2D eigenvalue weighted by molar-refractivity contribution is -0.118. The highest BCUT2D eigenvalue weighted by molar-refractivity contribution is 7.08. The molecule has 3 N–H and O–H groups in total. The van der Waals surface area contributed by atoms with Crippen molar-refractivity contribution in [1.82, 2.24) is 4.98 Å². The third-order valence-electron chi connectivity index (χ3n) is 3.26. The molecule has 1 aromatic carbocycles. The lowest BCUT2D eigenvalue weighted by Crippen LogP contribution is -2.21. The topological polar surface area (TPSA) is 76.2 Å². The summed E-state index contributed by atoms with van der Waals surface area (Å²) in [7, 11) is 0. The summed E-state index contributed by atoms with van der Waals surface area (Å²) in [6.45, 7) is 0. The van der Waals surface area contributed by atoms with E-state index >= 15 is 0 Å². The molecule has 5 heteroatoms. The molecule has 100 valence electrons. The molecule has 0 saturated heterocycles. The van der Waals surface area contributed by atoms with Crippen molar-refractivity contribution in [3.8, 4) is 5.88 Å². The third-order valence-corrected chi connectivity index (χ3v) is 3.96. The van der Waals surface area contributed by atoms with Gasteiger partial charge in [0.1, 0.15) is 0 Å². The van der Waals surface area contributed by atoms with E-state index in [9.17, 15) is 9.90 Å². The zero-order valence-corrected chi connectivity index (χ0v) is 11.3. The first-order chi connectivity index (χ1) is 9.66. The molecule has 0 aliphatic carbocycles. The van der Waals surface area contributed by atoms with Gasteiger partial charge in [-0.05, 0) is 51.5 Å². The molecular formula is C15H12N2O2S. The van der Waals surface area contributed by atoms with Gasteiger partial charge < -0.3 is 10.8 Å². The van der Waals surface area contributed by atoms with Gasteiger partial charge in [0.2, 0.25) is 11.8 Å². The van der Waals surface area contributed by atoms with Crippen molar-refractivity contribution in [1.29, 1.82) is 0 Å². The van der Waals surface area contributed by atoms with Gasteiger partial charge in [-0.15, -0.1) is 0 Å². The largest absolute Gasteiger partial charge is 0.493 e. The van der Waals surface area contributed by atoms with Crippen molar-refractivity contribution in [2.45, 2.75) is 5.92 Å². The second-order valence-corrected chi connectivity index (χ2v) is 5.29. The summed E-state index contributed by atoms with van der Waals surface area (Å²) in [5.74, 6) is -0.873. The normalized spacial score (nSPS) is 12.4. The van der Waals surface area contributed by atoms with E-state index in [0.717, 1.165) is 16.5 Å². The van der Waals surface area contributed by atoms with Crippen LogP contribution in [-0.4, -0.2) is 16.0 Å². The van der Waals surface area contributed by atoms with Crippen molar-refractivity contribution in [3.63, 3.8) is 0 Å². The first-order valence-corrected chi connectivity index (χ1v) is 7.00. The first-order valence-electron chi connectivity index (χ1n) is 6.06. The lowest BCUT2D eigenvalue weighted by Gasteiger charge is -2.13. The monoisotopic (exact) mass is 284 g/mol. The predicted molar refractivity (Wildman–Crippen MR) is 78.8 cm³/mol. The van der Waals surface area contributed by atoms with Crippen LogP contribution >= 0.6 is 11.3 Å². The van der Waals surface area contributed by atoms with Crippen molar-refractivity contribution in [2.24, 2.45) is 5.73 Å². The Morgan fingerprint density at radius 2 is 2.10 bits per heavy atom. The fraction of sp³-hybridized carbons (Fsp3) is 0.0667. The van der Waals surface area contributed by atoms with Gasteiger partial charge in [-0.2, -0.15) is 11.3 Å². The summed E-state index contributed by atoms with van der Waals surface area (Å²) >= 11 is 1.53. The van der Waals surface area contributed by atoms with E-state index < -0.39 is 5.92 Å².